The molecule has 0 bridgehead atoms. The first-order valence-electron chi connectivity index (χ1n) is 5.69. The molecule has 18 heavy (non-hydrogen) atoms. The molecule has 0 aliphatic heterocycles. The Morgan fingerprint density at radius 2 is 2.00 bits per heavy atom. The highest BCUT2D eigenvalue weighted by Gasteiger charge is 2.08. The van der Waals surface area contributed by atoms with Crippen molar-refractivity contribution in [3.05, 3.63) is 28.3 Å². The van der Waals surface area contributed by atoms with Crippen molar-refractivity contribution in [2.24, 2.45) is 0 Å². The van der Waals surface area contributed by atoms with Gasteiger partial charge in [0.15, 0.2) is 0 Å². The van der Waals surface area contributed by atoms with E-state index in [9.17, 15) is 0 Å². The third-order valence-electron chi connectivity index (χ3n) is 2.49. The lowest BCUT2D eigenvalue weighted by Gasteiger charge is -2.18. The third kappa shape index (κ3) is 2.95. The van der Waals surface area contributed by atoms with Gasteiger partial charge in [-0.05, 0) is 13.0 Å². The molecule has 5 nitrogen and oxygen atoms in total. The monoisotopic (exact) mass is 263 g/mol. The fourth-order valence-electron chi connectivity index (χ4n) is 1.57. The van der Waals surface area contributed by atoms with Crippen LogP contribution in [-0.4, -0.2) is 36.1 Å². The third-order valence-corrected chi connectivity index (χ3v) is 3.32. The van der Waals surface area contributed by atoms with Crippen molar-refractivity contribution in [3.8, 4) is 0 Å². The zero-order valence-electron chi connectivity index (χ0n) is 11.1. The second-order valence-corrected chi connectivity index (χ2v) is 5.39. The molecule has 0 saturated heterocycles. The van der Waals surface area contributed by atoms with Gasteiger partial charge in [-0.15, -0.1) is 11.3 Å². The molecule has 2 aromatic heterocycles. The van der Waals surface area contributed by atoms with Crippen LogP contribution in [-0.2, 0) is 6.54 Å². The molecule has 0 aliphatic carbocycles. The zero-order valence-corrected chi connectivity index (χ0v) is 11.9. The Morgan fingerprint density at radius 1 is 1.22 bits per heavy atom. The summed E-state index contributed by atoms with van der Waals surface area (Å²) in [6, 6.07) is 1.89. The lowest BCUT2D eigenvalue weighted by atomic mass is 10.4. The smallest absolute Gasteiger partial charge is 0.227 e. The van der Waals surface area contributed by atoms with Gasteiger partial charge < -0.3 is 9.80 Å². The average Bonchev–Trinajstić information content (AvgIpc) is 2.75. The Balaban J connectivity index is 2.13. The lowest BCUT2D eigenvalue weighted by Crippen LogP contribution is -2.21. The molecule has 2 heterocycles. The van der Waals surface area contributed by atoms with Gasteiger partial charge in [-0.25, -0.2) is 9.97 Å². The zero-order chi connectivity index (χ0) is 13.1. The van der Waals surface area contributed by atoms with Crippen molar-refractivity contribution in [3.63, 3.8) is 0 Å². The summed E-state index contributed by atoms with van der Waals surface area (Å²) < 4.78 is 0. The van der Waals surface area contributed by atoms with E-state index in [1.165, 1.54) is 0 Å². The molecule has 96 valence electrons. The highest BCUT2D eigenvalue weighted by atomic mass is 32.1. The average molecular weight is 263 g/mol. The highest BCUT2D eigenvalue weighted by Crippen LogP contribution is 2.15. The molecular weight excluding hydrogens is 246 g/mol. The standard InChI is InChI=1S/C12H17N5S/c1-9-14-10(8-18-9)7-17(4)12-13-6-5-11(15-12)16(2)3/h5-6,8H,7H2,1-4H3. The number of aromatic nitrogens is 3. The van der Waals surface area contributed by atoms with E-state index in [-0.39, 0.29) is 0 Å². The van der Waals surface area contributed by atoms with Crippen molar-refractivity contribution in [2.75, 3.05) is 30.9 Å². The quantitative estimate of drug-likeness (QED) is 0.843. The van der Waals surface area contributed by atoms with Crippen LogP contribution in [0.4, 0.5) is 11.8 Å². The first-order valence-corrected chi connectivity index (χ1v) is 6.57. The summed E-state index contributed by atoms with van der Waals surface area (Å²) in [5.41, 5.74) is 1.05. The molecule has 0 radical (unpaired) electrons. The Kier molecular flexibility index (Phi) is 3.76. The van der Waals surface area contributed by atoms with Crippen LogP contribution in [0.3, 0.4) is 0 Å². The number of hydrogen-bond acceptors (Lipinski definition) is 6. The molecule has 6 heteroatoms. The molecule has 0 amide bonds. The molecule has 0 unspecified atom stereocenters. The van der Waals surface area contributed by atoms with Gasteiger partial charge >= 0.3 is 0 Å². The van der Waals surface area contributed by atoms with Crippen LogP contribution in [0, 0.1) is 6.92 Å². The van der Waals surface area contributed by atoms with Crippen molar-refractivity contribution in [1.29, 1.82) is 0 Å². The number of hydrogen-bond donors (Lipinski definition) is 0. The Hall–Kier alpha value is -1.69. The van der Waals surface area contributed by atoms with Gasteiger partial charge in [-0.2, -0.15) is 4.98 Å². The Bertz CT molecular complexity index is 523. The van der Waals surface area contributed by atoms with Gasteiger partial charge in [-0.3, -0.25) is 0 Å². The maximum Gasteiger partial charge on any atom is 0.227 e. The molecule has 2 rings (SSSR count). The van der Waals surface area contributed by atoms with Crippen LogP contribution in [0.25, 0.3) is 0 Å². The Morgan fingerprint density at radius 3 is 2.61 bits per heavy atom. The van der Waals surface area contributed by atoms with E-state index in [4.69, 9.17) is 0 Å². The number of anilines is 2. The van der Waals surface area contributed by atoms with Crippen LogP contribution in [0.5, 0.6) is 0 Å². The van der Waals surface area contributed by atoms with Gasteiger partial charge in [0.1, 0.15) is 5.82 Å². The van der Waals surface area contributed by atoms with E-state index in [1.807, 2.05) is 43.9 Å². The first kappa shape index (κ1) is 12.8. The Labute approximate surface area is 111 Å². The molecule has 0 spiro atoms. The number of aryl methyl sites for hydroxylation is 1. The fourth-order valence-corrected chi connectivity index (χ4v) is 2.17. The number of nitrogens with zero attached hydrogens (tertiary/aromatic N) is 5. The summed E-state index contributed by atoms with van der Waals surface area (Å²) >= 11 is 1.66. The van der Waals surface area contributed by atoms with Gasteiger partial charge in [0.05, 0.1) is 17.2 Å². The molecule has 0 aliphatic rings. The second-order valence-electron chi connectivity index (χ2n) is 4.32. The SMILES string of the molecule is Cc1nc(CN(C)c2nccc(N(C)C)n2)cs1. The molecule has 0 atom stereocenters. The normalized spacial score (nSPS) is 10.4. The van der Waals surface area contributed by atoms with Crippen LogP contribution < -0.4 is 9.80 Å². The number of thiazole rings is 1. The van der Waals surface area contributed by atoms with E-state index in [0.717, 1.165) is 23.1 Å². The topological polar surface area (TPSA) is 45.2 Å². The highest BCUT2D eigenvalue weighted by molar-refractivity contribution is 7.09. The van der Waals surface area contributed by atoms with E-state index < -0.39 is 0 Å². The van der Waals surface area contributed by atoms with Gasteiger partial charge in [0, 0.05) is 32.7 Å². The summed E-state index contributed by atoms with van der Waals surface area (Å²) in [6.07, 6.45) is 1.78. The maximum absolute atomic E-state index is 4.49. The molecule has 0 fully saturated rings. The van der Waals surface area contributed by atoms with E-state index in [1.54, 1.807) is 17.5 Å². The molecule has 2 aromatic rings. The van der Waals surface area contributed by atoms with Crippen molar-refractivity contribution < 1.29 is 0 Å². The van der Waals surface area contributed by atoms with Crippen LogP contribution in [0.1, 0.15) is 10.7 Å². The van der Waals surface area contributed by atoms with E-state index in [0.29, 0.717) is 5.95 Å². The summed E-state index contributed by atoms with van der Waals surface area (Å²) in [7, 11) is 5.91. The summed E-state index contributed by atoms with van der Waals surface area (Å²) in [5.74, 6) is 1.62. The van der Waals surface area contributed by atoms with Gasteiger partial charge in [0.2, 0.25) is 5.95 Å². The predicted octanol–water partition coefficient (Wildman–Crippen LogP) is 1.94. The predicted molar refractivity (Wildman–Crippen MR) is 75.3 cm³/mol. The fraction of sp³-hybridized carbons (Fsp3) is 0.417. The van der Waals surface area contributed by atoms with Gasteiger partial charge in [0.25, 0.3) is 0 Å². The maximum atomic E-state index is 4.49. The van der Waals surface area contributed by atoms with Crippen molar-refractivity contribution in [2.45, 2.75) is 13.5 Å². The summed E-state index contributed by atoms with van der Waals surface area (Å²) in [5, 5.41) is 3.16. The summed E-state index contributed by atoms with van der Waals surface area (Å²) in [4.78, 5) is 17.2. The minimum absolute atomic E-state index is 0.715. The van der Waals surface area contributed by atoms with E-state index >= 15 is 0 Å². The second kappa shape index (κ2) is 5.30. The largest absolute Gasteiger partial charge is 0.363 e. The van der Waals surface area contributed by atoms with Crippen LogP contribution >= 0.6 is 11.3 Å². The van der Waals surface area contributed by atoms with Crippen molar-refractivity contribution >= 4 is 23.1 Å². The molecule has 0 aromatic carbocycles. The van der Waals surface area contributed by atoms with E-state index in [2.05, 4.69) is 20.3 Å². The minimum atomic E-state index is 0.715. The lowest BCUT2D eigenvalue weighted by molar-refractivity contribution is 0.841. The van der Waals surface area contributed by atoms with Crippen molar-refractivity contribution in [1.82, 2.24) is 15.0 Å². The molecule has 0 N–H and O–H groups in total. The summed E-state index contributed by atoms with van der Waals surface area (Å²) in [6.45, 7) is 2.73. The molecule has 0 saturated carbocycles. The number of rotatable bonds is 4. The molecular formula is C12H17N5S. The van der Waals surface area contributed by atoms with Crippen LogP contribution in [0.2, 0.25) is 0 Å². The van der Waals surface area contributed by atoms with Crippen LogP contribution in [0.15, 0.2) is 17.6 Å². The van der Waals surface area contributed by atoms with Gasteiger partial charge in [-0.1, -0.05) is 0 Å². The minimum Gasteiger partial charge on any atom is -0.363 e. The first-order chi connectivity index (χ1) is 8.56.